The van der Waals surface area contributed by atoms with Crippen molar-refractivity contribution in [1.29, 1.82) is 0 Å². The van der Waals surface area contributed by atoms with E-state index in [4.69, 9.17) is 0 Å². The van der Waals surface area contributed by atoms with Gasteiger partial charge in [-0.05, 0) is 44.4 Å². The Bertz CT molecular complexity index is 305. The third-order valence-corrected chi connectivity index (χ3v) is 4.05. The fourth-order valence-corrected chi connectivity index (χ4v) is 2.74. The van der Waals surface area contributed by atoms with Gasteiger partial charge in [-0.25, -0.2) is 0 Å². The van der Waals surface area contributed by atoms with E-state index in [0.717, 1.165) is 24.7 Å². The van der Waals surface area contributed by atoms with Crippen LogP contribution in [-0.2, 0) is 4.79 Å². The van der Waals surface area contributed by atoms with Crippen LogP contribution >= 0.6 is 0 Å². The number of aldehydes is 1. The Morgan fingerprint density at radius 2 is 2.12 bits per heavy atom. The molecule has 1 aliphatic rings. The normalized spacial score (nSPS) is 28.6. The molecule has 0 radical (unpaired) electrons. The van der Waals surface area contributed by atoms with Gasteiger partial charge in [0.1, 0.15) is 6.29 Å². The van der Waals surface area contributed by atoms with Gasteiger partial charge in [0.25, 0.3) is 0 Å². The lowest BCUT2D eigenvalue weighted by Crippen LogP contribution is -2.38. The predicted molar refractivity (Wildman–Crippen MR) is 69.2 cm³/mol. The molecule has 0 aromatic rings. The van der Waals surface area contributed by atoms with Crippen LogP contribution in [0.2, 0.25) is 0 Å². The summed E-state index contributed by atoms with van der Waals surface area (Å²) >= 11 is 0. The Kier molecular flexibility index (Phi) is 4.12. The van der Waals surface area contributed by atoms with Gasteiger partial charge in [0.15, 0.2) is 0 Å². The summed E-state index contributed by atoms with van der Waals surface area (Å²) in [6, 6.07) is 0. The maximum absolute atomic E-state index is 11.2. The summed E-state index contributed by atoms with van der Waals surface area (Å²) in [6.45, 7) is 12.7. The Balaban J connectivity index is 2.83. The van der Waals surface area contributed by atoms with Crippen molar-refractivity contribution < 1.29 is 4.79 Å². The molecule has 0 aromatic carbocycles. The van der Waals surface area contributed by atoms with Crippen LogP contribution in [0.15, 0.2) is 23.8 Å². The molecule has 16 heavy (non-hydrogen) atoms. The van der Waals surface area contributed by atoms with Gasteiger partial charge < -0.3 is 4.79 Å². The first-order chi connectivity index (χ1) is 7.39. The summed E-state index contributed by atoms with van der Waals surface area (Å²) in [6.07, 6.45) is 6.65. The van der Waals surface area contributed by atoms with Crippen molar-refractivity contribution in [2.24, 2.45) is 17.3 Å². The highest BCUT2D eigenvalue weighted by Crippen LogP contribution is 2.47. The zero-order chi connectivity index (χ0) is 12.3. The molecule has 0 bridgehead atoms. The molecule has 2 atom stereocenters. The molecule has 1 heteroatoms. The van der Waals surface area contributed by atoms with Crippen LogP contribution in [0.4, 0.5) is 0 Å². The molecular weight excluding hydrogens is 196 g/mol. The minimum Gasteiger partial charge on any atom is -0.303 e. The van der Waals surface area contributed by atoms with Crippen LogP contribution in [0.1, 0.15) is 47.0 Å². The van der Waals surface area contributed by atoms with Gasteiger partial charge in [0.05, 0.1) is 0 Å². The predicted octanol–water partition coefficient (Wildman–Crippen LogP) is 4.15. The number of carbonyl (C=O) groups excluding carboxylic acids is 1. The lowest BCUT2D eigenvalue weighted by atomic mass is 9.60. The fourth-order valence-electron chi connectivity index (χ4n) is 2.74. The van der Waals surface area contributed by atoms with Crippen LogP contribution in [0, 0.1) is 17.3 Å². The van der Waals surface area contributed by atoms with E-state index in [9.17, 15) is 4.79 Å². The number of rotatable bonds is 3. The summed E-state index contributed by atoms with van der Waals surface area (Å²) < 4.78 is 0. The Morgan fingerprint density at radius 3 is 2.62 bits per heavy atom. The lowest BCUT2D eigenvalue weighted by Gasteiger charge is -2.44. The van der Waals surface area contributed by atoms with E-state index >= 15 is 0 Å². The third-order valence-electron chi connectivity index (χ3n) is 4.05. The number of hydrogen-bond donors (Lipinski definition) is 0. The molecular formula is C15H24O. The first-order valence-electron chi connectivity index (χ1n) is 6.16. The number of allylic oxidation sites excluding steroid dienone is 3. The second-order valence-corrected chi connectivity index (χ2v) is 5.85. The van der Waals surface area contributed by atoms with Crippen molar-refractivity contribution in [3.8, 4) is 0 Å². The zero-order valence-electron chi connectivity index (χ0n) is 11.0. The Labute approximate surface area is 99.6 Å². The molecule has 0 saturated heterocycles. The standard InChI is InChI=1S/C15H24O/c1-11(2)6-8-13-9-7-12(3)14(10-16)15(13,4)5/h6,10,13-14H,3,7-9H2,1-2,4-5H3/t13-,14+/m1/s1. The second-order valence-electron chi connectivity index (χ2n) is 5.85. The van der Waals surface area contributed by atoms with Crippen LogP contribution in [0.3, 0.4) is 0 Å². The largest absolute Gasteiger partial charge is 0.303 e. The zero-order valence-corrected chi connectivity index (χ0v) is 11.0. The molecule has 90 valence electrons. The minimum atomic E-state index is 0.0387. The van der Waals surface area contributed by atoms with Gasteiger partial charge in [0.2, 0.25) is 0 Å². The SMILES string of the molecule is C=C1CC[C@@H](CC=C(C)C)C(C)(C)[C@H]1C=O. The highest BCUT2D eigenvalue weighted by molar-refractivity contribution is 5.60. The summed E-state index contributed by atoms with van der Waals surface area (Å²) in [5.74, 6) is 0.639. The van der Waals surface area contributed by atoms with Crippen molar-refractivity contribution in [2.45, 2.75) is 47.0 Å². The van der Waals surface area contributed by atoms with Crippen molar-refractivity contribution in [1.82, 2.24) is 0 Å². The molecule has 0 unspecified atom stereocenters. The second kappa shape index (κ2) is 4.99. The van der Waals surface area contributed by atoms with E-state index in [1.54, 1.807) is 0 Å². The van der Waals surface area contributed by atoms with Crippen molar-refractivity contribution in [2.75, 3.05) is 0 Å². The van der Waals surface area contributed by atoms with E-state index in [2.05, 4.69) is 40.3 Å². The summed E-state index contributed by atoms with van der Waals surface area (Å²) in [5, 5.41) is 0. The quantitative estimate of drug-likeness (QED) is 0.516. The monoisotopic (exact) mass is 220 g/mol. The van der Waals surface area contributed by atoms with Crippen molar-refractivity contribution >= 4 is 6.29 Å². The van der Waals surface area contributed by atoms with E-state index in [-0.39, 0.29) is 11.3 Å². The van der Waals surface area contributed by atoms with Crippen LogP contribution < -0.4 is 0 Å². The van der Waals surface area contributed by atoms with Crippen molar-refractivity contribution in [3.63, 3.8) is 0 Å². The van der Waals surface area contributed by atoms with Crippen LogP contribution in [-0.4, -0.2) is 6.29 Å². The Morgan fingerprint density at radius 1 is 1.50 bits per heavy atom. The summed E-state index contributed by atoms with van der Waals surface area (Å²) in [4.78, 5) is 11.2. The fraction of sp³-hybridized carbons (Fsp3) is 0.667. The van der Waals surface area contributed by atoms with Crippen molar-refractivity contribution in [3.05, 3.63) is 23.8 Å². The van der Waals surface area contributed by atoms with E-state index < -0.39 is 0 Å². The maximum atomic E-state index is 11.2. The van der Waals surface area contributed by atoms with Crippen LogP contribution in [0.25, 0.3) is 0 Å². The molecule has 0 heterocycles. The lowest BCUT2D eigenvalue weighted by molar-refractivity contribution is -0.114. The molecule has 0 spiro atoms. The Hall–Kier alpha value is -0.850. The molecule has 0 N–H and O–H groups in total. The van der Waals surface area contributed by atoms with Gasteiger partial charge >= 0.3 is 0 Å². The summed E-state index contributed by atoms with van der Waals surface area (Å²) in [5.41, 5.74) is 2.54. The summed E-state index contributed by atoms with van der Waals surface area (Å²) in [7, 11) is 0. The topological polar surface area (TPSA) is 17.1 Å². The molecule has 1 rings (SSSR count). The molecule has 0 amide bonds. The van der Waals surface area contributed by atoms with Gasteiger partial charge in [-0.15, -0.1) is 0 Å². The molecule has 1 saturated carbocycles. The van der Waals surface area contributed by atoms with E-state index in [1.807, 2.05) is 0 Å². The van der Waals surface area contributed by atoms with Crippen LogP contribution in [0.5, 0.6) is 0 Å². The van der Waals surface area contributed by atoms with Gasteiger partial charge in [-0.1, -0.05) is 37.6 Å². The molecule has 1 nitrogen and oxygen atoms in total. The first-order valence-corrected chi connectivity index (χ1v) is 6.16. The number of carbonyl (C=O) groups is 1. The molecule has 1 aliphatic carbocycles. The first kappa shape index (κ1) is 13.2. The maximum Gasteiger partial charge on any atom is 0.127 e. The average molecular weight is 220 g/mol. The molecule has 1 fully saturated rings. The molecule has 0 aliphatic heterocycles. The van der Waals surface area contributed by atoms with Gasteiger partial charge in [-0.2, -0.15) is 0 Å². The van der Waals surface area contributed by atoms with E-state index in [1.165, 1.54) is 12.0 Å². The highest BCUT2D eigenvalue weighted by atomic mass is 16.1. The smallest absolute Gasteiger partial charge is 0.127 e. The van der Waals surface area contributed by atoms with Gasteiger partial charge in [-0.3, -0.25) is 0 Å². The number of hydrogen-bond acceptors (Lipinski definition) is 1. The van der Waals surface area contributed by atoms with Gasteiger partial charge in [0, 0.05) is 5.92 Å². The average Bonchev–Trinajstić information content (AvgIpc) is 2.15. The van der Waals surface area contributed by atoms with E-state index in [0.29, 0.717) is 5.92 Å². The molecule has 0 aromatic heterocycles. The highest BCUT2D eigenvalue weighted by Gasteiger charge is 2.41. The third kappa shape index (κ3) is 2.63. The minimum absolute atomic E-state index is 0.0387.